The molecule has 112 valence electrons. The van der Waals surface area contributed by atoms with Crippen molar-refractivity contribution in [3.63, 3.8) is 0 Å². The summed E-state index contributed by atoms with van der Waals surface area (Å²) >= 11 is 0. The van der Waals surface area contributed by atoms with Gasteiger partial charge in [-0.2, -0.15) is 0 Å². The van der Waals surface area contributed by atoms with Gasteiger partial charge in [-0.1, -0.05) is 13.8 Å². The third-order valence-corrected chi connectivity index (χ3v) is 3.27. The lowest BCUT2D eigenvalue weighted by molar-refractivity contribution is -0.138. The topological polar surface area (TPSA) is 95.5 Å². The molecule has 0 saturated carbocycles. The second-order valence-corrected chi connectivity index (χ2v) is 6.56. The number of carbonyl (C=O) groups is 2. The van der Waals surface area contributed by atoms with Gasteiger partial charge in [0.2, 0.25) is 0 Å². The Hall–Kier alpha value is -1.11. The minimum absolute atomic E-state index is 0.0530. The molecule has 2 atom stereocenters. The summed E-state index contributed by atoms with van der Waals surface area (Å²) in [6.45, 7) is 4.73. The number of aliphatic carboxylic acids is 1. The lowest BCUT2D eigenvalue weighted by Gasteiger charge is -2.18. The van der Waals surface area contributed by atoms with Crippen molar-refractivity contribution >= 4 is 22.8 Å². The molecule has 0 aromatic heterocycles. The highest BCUT2D eigenvalue weighted by atomic mass is 32.2. The molecule has 0 bridgehead atoms. The summed E-state index contributed by atoms with van der Waals surface area (Å²) in [5, 5.41) is 14.0. The molecular weight excluding hydrogens is 268 g/mol. The number of hydrogen-bond donors (Lipinski definition) is 3. The Labute approximate surface area is 116 Å². The van der Waals surface area contributed by atoms with Crippen molar-refractivity contribution in [2.45, 2.75) is 26.7 Å². The van der Waals surface area contributed by atoms with Crippen molar-refractivity contribution in [3.05, 3.63) is 0 Å². The molecule has 0 aliphatic rings. The molecule has 6 nitrogen and oxygen atoms in total. The fourth-order valence-corrected chi connectivity index (χ4v) is 2.15. The fraction of sp³-hybridized carbons (Fsp3) is 0.833. The Balaban J connectivity index is 3.98. The van der Waals surface area contributed by atoms with Crippen LogP contribution in [0, 0.1) is 11.8 Å². The minimum atomic E-state index is -0.931. The summed E-state index contributed by atoms with van der Waals surface area (Å²) in [6.07, 6.45) is 2.38. The highest BCUT2D eigenvalue weighted by Crippen LogP contribution is 2.14. The molecule has 0 aromatic rings. The second-order valence-electron chi connectivity index (χ2n) is 5.01. The average molecular weight is 292 g/mol. The van der Waals surface area contributed by atoms with Crippen molar-refractivity contribution in [2.24, 2.45) is 11.8 Å². The molecule has 0 heterocycles. The molecule has 0 spiro atoms. The van der Waals surface area contributed by atoms with Crippen LogP contribution in [0.1, 0.15) is 26.7 Å². The molecule has 3 N–H and O–H groups in total. The van der Waals surface area contributed by atoms with Crippen LogP contribution in [-0.4, -0.2) is 46.4 Å². The van der Waals surface area contributed by atoms with Gasteiger partial charge in [0, 0.05) is 42.3 Å². The van der Waals surface area contributed by atoms with E-state index in [0.29, 0.717) is 24.8 Å². The molecule has 2 unspecified atom stereocenters. The number of carbonyl (C=O) groups excluding carboxylic acids is 1. The Morgan fingerprint density at radius 1 is 1.26 bits per heavy atom. The monoisotopic (exact) mass is 292 g/mol. The standard InChI is InChI=1S/C12H24N2O4S/c1-9(2)6-10(7-11(15)16)8-14-12(17)13-4-5-19(3)18/h9-10H,4-8H2,1-3H3,(H,15,16)(H2,13,14,17). The van der Waals surface area contributed by atoms with Gasteiger partial charge < -0.3 is 15.7 Å². The van der Waals surface area contributed by atoms with E-state index < -0.39 is 16.8 Å². The lowest BCUT2D eigenvalue weighted by atomic mass is 9.94. The SMILES string of the molecule is CC(C)CC(CNC(=O)NCCS(C)=O)CC(=O)O. The van der Waals surface area contributed by atoms with Crippen molar-refractivity contribution < 1.29 is 18.9 Å². The van der Waals surface area contributed by atoms with E-state index in [1.807, 2.05) is 13.8 Å². The molecule has 0 radical (unpaired) electrons. The van der Waals surface area contributed by atoms with Crippen LogP contribution in [0.5, 0.6) is 0 Å². The van der Waals surface area contributed by atoms with Gasteiger partial charge in [0.1, 0.15) is 0 Å². The molecule has 0 aliphatic carbocycles. The predicted octanol–water partition coefficient (Wildman–Crippen LogP) is 0.801. The first-order chi connectivity index (χ1) is 8.81. The van der Waals surface area contributed by atoms with Crippen LogP contribution in [0.2, 0.25) is 0 Å². The van der Waals surface area contributed by atoms with E-state index in [1.54, 1.807) is 6.26 Å². The number of rotatable bonds is 9. The van der Waals surface area contributed by atoms with Crippen LogP contribution in [0.15, 0.2) is 0 Å². The van der Waals surface area contributed by atoms with Crippen molar-refractivity contribution in [3.8, 4) is 0 Å². The largest absolute Gasteiger partial charge is 0.481 e. The molecule has 7 heteroatoms. The number of carboxylic acid groups (broad SMARTS) is 1. The average Bonchev–Trinajstić information content (AvgIpc) is 2.23. The summed E-state index contributed by atoms with van der Waals surface area (Å²) in [7, 11) is -0.931. The van der Waals surface area contributed by atoms with E-state index in [0.717, 1.165) is 6.42 Å². The smallest absolute Gasteiger partial charge is 0.314 e. The maximum Gasteiger partial charge on any atom is 0.314 e. The van der Waals surface area contributed by atoms with Crippen molar-refractivity contribution in [1.82, 2.24) is 10.6 Å². The van der Waals surface area contributed by atoms with E-state index in [9.17, 15) is 13.8 Å². The summed E-state index contributed by atoms with van der Waals surface area (Å²) < 4.78 is 10.8. The summed E-state index contributed by atoms with van der Waals surface area (Å²) in [4.78, 5) is 22.2. The minimum Gasteiger partial charge on any atom is -0.481 e. The Morgan fingerprint density at radius 3 is 2.37 bits per heavy atom. The second kappa shape index (κ2) is 9.77. The number of urea groups is 1. The van der Waals surface area contributed by atoms with Gasteiger partial charge in [0.05, 0.1) is 0 Å². The maximum atomic E-state index is 11.4. The van der Waals surface area contributed by atoms with Crippen molar-refractivity contribution in [1.29, 1.82) is 0 Å². The van der Waals surface area contributed by atoms with Gasteiger partial charge in [-0.05, 0) is 18.3 Å². The lowest BCUT2D eigenvalue weighted by Crippen LogP contribution is -2.40. The molecule has 0 fully saturated rings. The molecule has 0 aromatic carbocycles. The first kappa shape index (κ1) is 17.9. The maximum absolute atomic E-state index is 11.4. The highest BCUT2D eigenvalue weighted by molar-refractivity contribution is 7.84. The van der Waals surface area contributed by atoms with Gasteiger partial charge in [0.25, 0.3) is 0 Å². The van der Waals surface area contributed by atoms with Crippen LogP contribution in [0.3, 0.4) is 0 Å². The first-order valence-corrected chi connectivity index (χ1v) is 8.07. The molecule has 19 heavy (non-hydrogen) atoms. The third kappa shape index (κ3) is 11.7. The Kier molecular flexibility index (Phi) is 9.20. The van der Waals surface area contributed by atoms with Crippen LogP contribution in [0.25, 0.3) is 0 Å². The number of carboxylic acids is 1. The van der Waals surface area contributed by atoms with E-state index in [1.165, 1.54) is 0 Å². The summed E-state index contributed by atoms with van der Waals surface area (Å²) in [5.41, 5.74) is 0. The Morgan fingerprint density at radius 2 is 1.89 bits per heavy atom. The van der Waals surface area contributed by atoms with Crippen LogP contribution >= 0.6 is 0 Å². The molecular formula is C12H24N2O4S. The zero-order chi connectivity index (χ0) is 14.8. The molecule has 2 amide bonds. The zero-order valence-corrected chi connectivity index (χ0v) is 12.6. The quantitative estimate of drug-likeness (QED) is 0.586. The normalized spacial score (nSPS) is 13.9. The first-order valence-electron chi connectivity index (χ1n) is 6.34. The van der Waals surface area contributed by atoms with Crippen LogP contribution < -0.4 is 10.6 Å². The number of amides is 2. The van der Waals surface area contributed by atoms with E-state index in [2.05, 4.69) is 10.6 Å². The van der Waals surface area contributed by atoms with Gasteiger partial charge in [-0.3, -0.25) is 9.00 Å². The van der Waals surface area contributed by atoms with Gasteiger partial charge in [0.15, 0.2) is 0 Å². The Bertz CT molecular complexity index is 321. The molecule has 0 saturated heterocycles. The summed E-state index contributed by atoms with van der Waals surface area (Å²) in [6, 6.07) is -0.343. The number of nitrogens with one attached hydrogen (secondary N) is 2. The summed E-state index contributed by atoms with van der Waals surface area (Å²) in [5.74, 6) is -0.118. The van der Waals surface area contributed by atoms with Crippen LogP contribution in [-0.2, 0) is 15.6 Å². The van der Waals surface area contributed by atoms with E-state index in [-0.39, 0.29) is 18.4 Å². The molecule has 0 aliphatic heterocycles. The molecule has 0 rings (SSSR count). The van der Waals surface area contributed by atoms with Gasteiger partial charge in [-0.25, -0.2) is 4.79 Å². The zero-order valence-electron chi connectivity index (χ0n) is 11.8. The van der Waals surface area contributed by atoms with Gasteiger partial charge in [-0.15, -0.1) is 0 Å². The van der Waals surface area contributed by atoms with E-state index >= 15 is 0 Å². The predicted molar refractivity (Wildman–Crippen MR) is 75.5 cm³/mol. The van der Waals surface area contributed by atoms with Crippen molar-refractivity contribution in [2.75, 3.05) is 25.1 Å². The number of hydrogen-bond acceptors (Lipinski definition) is 3. The highest BCUT2D eigenvalue weighted by Gasteiger charge is 2.15. The van der Waals surface area contributed by atoms with Gasteiger partial charge >= 0.3 is 12.0 Å². The van der Waals surface area contributed by atoms with Crippen LogP contribution in [0.4, 0.5) is 4.79 Å². The fourth-order valence-electron chi connectivity index (χ4n) is 1.76. The third-order valence-electron chi connectivity index (χ3n) is 2.49. The van der Waals surface area contributed by atoms with E-state index in [4.69, 9.17) is 5.11 Å².